The van der Waals surface area contributed by atoms with Crippen molar-refractivity contribution in [3.05, 3.63) is 46.1 Å². The lowest BCUT2D eigenvalue weighted by Gasteiger charge is -2.46. The average molecular weight is 609 g/mol. The summed E-state index contributed by atoms with van der Waals surface area (Å²) in [6, 6.07) is 5.77. The maximum Gasteiger partial charge on any atom is 0.197 e. The molecule has 0 bridgehead atoms. The first-order valence-electron chi connectivity index (χ1n) is 13.3. The second-order valence-corrected chi connectivity index (χ2v) is 10.4. The van der Waals surface area contributed by atoms with E-state index in [0.29, 0.717) is 0 Å². The van der Waals surface area contributed by atoms with E-state index in [1.54, 1.807) is 0 Å². The summed E-state index contributed by atoms with van der Waals surface area (Å²) < 4.78 is 28.8. The van der Waals surface area contributed by atoms with Crippen molar-refractivity contribution in [3.63, 3.8) is 0 Å². The van der Waals surface area contributed by atoms with Gasteiger partial charge in [-0.1, -0.05) is 0 Å². The maximum atomic E-state index is 13.3. The number of hydrogen-bond acceptors (Lipinski definition) is 15. The molecular weight excluding hydrogens is 576 g/mol. The standard InChI is InChI=1S/C28H32O15/c1-9-20(34)22(36)24(38)28(40-9)43-27-23(37)21(35)17(8-29)42-26(27)19-16(39-2)7-14(33)18-13(32)6-15(41-25(18)19)10-3-4-11(30)12(31)5-10/h3-7,9,17,20-24,26-31,33-38H,8H2,1-2H3/t9-,17+,20-,21+,22+,23-,24+,26-,27+,28-/m0/s1. The first-order chi connectivity index (χ1) is 20.4. The van der Waals surface area contributed by atoms with Gasteiger partial charge in [-0.15, -0.1) is 0 Å². The van der Waals surface area contributed by atoms with Crippen LogP contribution in [0.1, 0.15) is 18.6 Å². The van der Waals surface area contributed by atoms with Gasteiger partial charge in [-0.2, -0.15) is 0 Å². The van der Waals surface area contributed by atoms with Gasteiger partial charge in [0, 0.05) is 17.7 Å². The lowest BCUT2D eigenvalue weighted by molar-refractivity contribution is -0.338. The van der Waals surface area contributed by atoms with Crippen molar-refractivity contribution in [2.45, 2.75) is 68.1 Å². The van der Waals surface area contributed by atoms with Gasteiger partial charge < -0.3 is 69.3 Å². The zero-order chi connectivity index (χ0) is 31.3. The van der Waals surface area contributed by atoms with Crippen LogP contribution in [0.3, 0.4) is 0 Å². The lowest BCUT2D eigenvalue weighted by atomic mass is 9.89. The summed E-state index contributed by atoms with van der Waals surface area (Å²) in [4.78, 5) is 13.3. The summed E-state index contributed by atoms with van der Waals surface area (Å²) in [6.45, 7) is 0.637. The topological polar surface area (TPSA) is 249 Å². The van der Waals surface area contributed by atoms with Gasteiger partial charge in [0.25, 0.3) is 0 Å². The third-order valence-corrected chi connectivity index (χ3v) is 7.71. The number of hydrogen-bond donors (Lipinski definition) is 9. The van der Waals surface area contributed by atoms with E-state index in [9.17, 15) is 50.8 Å². The molecule has 0 radical (unpaired) electrons. The number of methoxy groups -OCH3 is 1. The fraction of sp³-hybridized carbons (Fsp3) is 0.464. The highest BCUT2D eigenvalue weighted by Crippen LogP contribution is 2.46. The second-order valence-electron chi connectivity index (χ2n) is 10.4. The Balaban J connectivity index is 1.70. The minimum Gasteiger partial charge on any atom is -0.507 e. The Bertz CT molecular complexity index is 1540. The third kappa shape index (κ3) is 5.39. The van der Waals surface area contributed by atoms with Crippen LogP contribution < -0.4 is 10.2 Å². The molecule has 0 saturated carbocycles. The van der Waals surface area contributed by atoms with E-state index in [2.05, 4.69) is 0 Å². The number of aliphatic hydroxyl groups is 6. The first kappa shape index (κ1) is 30.9. The Kier molecular flexibility index (Phi) is 8.54. The molecule has 10 atom stereocenters. The van der Waals surface area contributed by atoms with Crippen LogP contribution in [-0.2, 0) is 14.2 Å². The highest BCUT2D eigenvalue weighted by molar-refractivity contribution is 5.89. The fourth-order valence-electron chi connectivity index (χ4n) is 5.32. The predicted molar refractivity (Wildman–Crippen MR) is 143 cm³/mol. The summed E-state index contributed by atoms with van der Waals surface area (Å²) in [6.07, 6.45) is -15.8. The fourth-order valence-corrected chi connectivity index (χ4v) is 5.32. The molecule has 15 heteroatoms. The van der Waals surface area contributed by atoms with Crippen LogP contribution in [0.25, 0.3) is 22.3 Å². The van der Waals surface area contributed by atoms with Gasteiger partial charge >= 0.3 is 0 Å². The Morgan fingerprint density at radius 1 is 0.837 bits per heavy atom. The maximum absolute atomic E-state index is 13.3. The van der Waals surface area contributed by atoms with Crippen molar-refractivity contribution in [2.24, 2.45) is 0 Å². The van der Waals surface area contributed by atoms with Crippen LogP contribution in [0.4, 0.5) is 0 Å². The van der Waals surface area contributed by atoms with Crippen molar-refractivity contribution < 1.29 is 69.3 Å². The molecule has 43 heavy (non-hydrogen) atoms. The van der Waals surface area contributed by atoms with Gasteiger partial charge in [0.2, 0.25) is 0 Å². The highest BCUT2D eigenvalue weighted by atomic mass is 16.7. The van der Waals surface area contributed by atoms with E-state index in [4.69, 9.17) is 23.4 Å². The number of rotatable bonds is 6. The minimum absolute atomic E-state index is 0.119. The summed E-state index contributed by atoms with van der Waals surface area (Å²) in [5, 5.41) is 92.8. The van der Waals surface area contributed by atoms with Crippen LogP contribution in [0, 0.1) is 0 Å². The predicted octanol–water partition coefficient (Wildman–Crippen LogP) is -1.05. The van der Waals surface area contributed by atoms with Crippen LogP contribution in [0.5, 0.6) is 23.0 Å². The van der Waals surface area contributed by atoms with Crippen molar-refractivity contribution in [1.29, 1.82) is 0 Å². The normalized spacial score (nSPS) is 33.0. The van der Waals surface area contributed by atoms with Crippen LogP contribution in [0.15, 0.2) is 39.5 Å². The molecule has 0 aliphatic carbocycles. The summed E-state index contributed by atoms with van der Waals surface area (Å²) >= 11 is 0. The smallest absolute Gasteiger partial charge is 0.197 e. The van der Waals surface area contributed by atoms with E-state index in [1.165, 1.54) is 26.2 Å². The number of aliphatic hydroxyl groups excluding tert-OH is 6. The SMILES string of the molecule is COc1cc(O)c2c(=O)cc(-c3ccc(O)c(O)c3)oc2c1[C@@H]1O[C@H](CO)[C@@H](O)[C@H](O)[C@H]1O[C@@H]1O[C@@H](C)[C@H](O)[C@@H](O)[C@H]1O. The summed E-state index contributed by atoms with van der Waals surface area (Å²) in [5.74, 6) is -1.73. The molecule has 3 aromatic rings. The molecule has 3 heterocycles. The van der Waals surface area contributed by atoms with E-state index in [1.807, 2.05) is 0 Å². The molecule has 2 fully saturated rings. The summed E-state index contributed by atoms with van der Waals surface area (Å²) in [5.41, 5.74) is -1.02. The Labute approximate surface area is 242 Å². The number of ether oxygens (including phenoxy) is 4. The Hall–Kier alpha value is -3.51. The van der Waals surface area contributed by atoms with Gasteiger partial charge in [0.15, 0.2) is 28.8 Å². The van der Waals surface area contributed by atoms with Crippen LogP contribution >= 0.6 is 0 Å². The molecule has 2 aromatic carbocycles. The molecule has 15 nitrogen and oxygen atoms in total. The number of phenolic OH excluding ortho intramolecular Hbond substituents is 3. The van der Waals surface area contributed by atoms with Crippen LogP contribution in [0.2, 0.25) is 0 Å². The summed E-state index contributed by atoms with van der Waals surface area (Å²) in [7, 11) is 1.23. The molecule has 234 valence electrons. The molecule has 9 N–H and O–H groups in total. The minimum atomic E-state index is -1.83. The van der Waals surface area contributed by atoms with Crippen molar-refractivity contribution in [3.8, 4) is 34.3 Å². The first-order valence-corrected chi connectivity index (χ1v) is 13.3. The van der Waals surface area contributed by atoms with Crippen molar-refractivity contribution in [1.82, 2.24) is 0 Å². The number of phenols is 3. The van der Waals surface area contributed by atoms with Crippen molar-refractivity contribution in [2.75, 3.05) is 13.7 Å². The molecule has 1 aromatic heterocycles. The van der Waals surface area contributed by atoms with E-state index >= 15 is 0 Å². The van der Waals surface area contributed by atoms with E-state index < -0.39 is 90.5 Å². The lowest BCUT2D eigenvalue weighted by Crippen LogP contribution is -2.61. The molecule has 2 aliphatic rings. The highest BCUT2D eigenvalue weighted by Gasteiger charge is 2.51. The van der Waals surface area contributed by atoms with Gasteiger partial charge in [-0.25, -0.2) is 0 Å². The molecule has 2 aliphatic heterocycles. The van der Waals surface area contributed by atoms with E-state index in [0.717, 1.165) is 18.2 Å². The molecule has 0 spiro atoms. The molecule has 2 saturated heterocycles. The zero-order valence-electron chi connectivity index (χ0n) is 22.8. The Morgan fingerprint density at radius 2 is 1.56 bits per heavy atom. The largest absolute Gasteiger partial charge is 0.507 e. The molecule has 5 rings (SSSR count). The van der Waals surface area contributed by atoms with Crippen LogP contribution in [-0.4, -0.2) is 115 Å². The van der Waals surface area contributed by atoms with Gasteiger partial charge in [-0.05, 0) is 25.1 Å². The molecule has 0 unspecified atom stereocenters. The number of benzene rings is 2. The number of fused-ring (bicyclic) bond motifs is 1. The second kappa shape index (κ2) is 11.9. The van der Waals surface area contributed by atoms with Gasteiger partial charge in [-0.3, -0.25) is 4.79 Å². The third-order valence-electron chi connectivity index (χ3n) is 7.71. The van der Waals surface area contributed by atoms with Gasteiger partial charge in [0.1, 0.15) is 71.5 Å². The quantitative estimate of drug-likeness (QED) is 0.152. The zero-order valence-corrected chi connectivity index (χ0v) is 22.8. The molecular formula is C28H32O15. The average Bonchev–Trinajstić information content (AvgIpc) is 2.98. The monoisotopic (exact) mass is 608 g/mol. The molecule has 0 amide bonds. The van der Waals surface area contributed by atoms with Gasteiger partial charge in [0.05, 0.1) is 25.4 Å². The Morgan fingerprint density at radius 3 is 2.21 bits per heavy atom. The number of aromatic hydroxyl groups is 3. The van der Waals surface area contributed by atoms with Crippen molar-refractivity contribution >= 4 is 11.0 Å². The van der Waals surface area contributed by atoms with E-state index in [-0.39, 0.29) is 33.6 Å².